The second-order valence-electron chi connectivity index (χ2n) is 6.62. The van der Waals surface area contributed by atoms with Crippen molar-refractivity contribution in [2.75, 3.05) is 25.0 Å². The van der Waals surface area contributed by atoms with Crippen molar-refractivity contribution in [3.05, 3.63) is 53.6 Å². The van der Waals surface area contributed by atoms with Gasteiger partial charge in [0.1, 0.15) is 0 Å². The first-order valence-corrected chi connectivity index (χ1v) is 8.41. The Hall–Kier alpha value is -1.94. The van der Waals surface area contributed by atoms with E-state index in [4.69, 9.17) is 0 Å². The fourth-order valence-electron chi connectivity index (χ4n) is 3.32. The van der Waals surface area contributed by atoms with Gasteiger partial charge in [0.25, 0.3) is 0 Å². The quantitative estimate of drug-likeness (QED) is 0.868. The van der Waals surface area contributed by atoms with Crippen molar-refractivity contribution < 1.29 is 0 Å². The van der Waals surface area contributed by atoms with E-state index in [9.17, 15) is 0 Å². The Morgan fingerprint density at radius 3 is 2.78 bits per heavy atom. The summed E-state index contributed by atoms with van der Waals surface area (Å²) in [6.07, 6.45) is 6.40. The zero-order valence-electron chi connectivity index (χ0n) is 14.4. The normalized spacial score (nSPS) is 18.4. The summed E-state index contributed by atoms with van der Waals surface area (Å²) < 4.78 is 0. The highest BCUT2D eigenvalue weighted by atomic mass is 15.2. The molecule has 0 amide bonds. The number of aromatic nitrogens is 2. The fraction of sp³-hybridized carbons (Fsp3) is 0.474. The minimum atomic E-state index is 0.582. The molecule has 2 aromatic rings. The van der Waals surface area contributed by atoms with Crippen LogP contribution < -0.4 is 4.90 Å². The van der Waals surface area contributed by atoms with Crippen LogP contribution in [0, 0.1) is 13.8 Å². The highest BCUT2D eigenvalue weighted by Gasteiger charge is 2.23. The zero-order chi connectivity index (χ0) is 16.2. The average molecular weight is 310 g/mol. The van der Waals surface area contributed by atoms with E-state index in [-0.39, 0.29) is 0 Å². The third-order valence-corrected chi connectivity index (χ3v) is 4.67. The van der Waals surface area contributed by atoms with Gasteiger partial charge in [-0.2, -0.15) is 0 Å². The number of rotatable bonds is 4. The van der Waals surface area contributed by atoms with E-state index in [1.54, 1.807) is 0 Å². The molecule has 3 heterocycles. The third kappa shape index (κ3) is 4.08. The lowest BCUT2D eigenvalue weighted by atomic mass is 10.0. The molecule has 1 fully saturated rings. The summed E-state index contributed by atoms with van der Waals surface area (Å²) >= 11 is 0. The predicted molar refractivity (Wildman–Crippen MR) is 94.7 cm³/mol. The standard InChI is InChI=1S/C19H26N4/c1-15-6-7-18(12-21-15)23-10-4-5-19(14-23)22(3)13-17-8-9-20-16(2)11-17/h6-9,11-12,19H,4-5,10,13-14H2,1-3H3/t19-/m0/s1. The lowest BCUT2D eigenvalue weighted by Gasteiger charge is -2.38. The molecule has 0 radical (unpaired) electrons. The molecule has 1 saturated heterocycles. The van der Waals surface area contributed by atoms with Crippen LogP contribution in [0.5, 0.6) is 0 Å². The van der Waals surface area contributed by atoms with Crippen LogP contribution in [0.25, 0.3) is 0 Å². The van der Waals surface area contributed by atoms with Gasteiger partial charge in [0.2, 0.25) is 0 Å². The summed E-state index contributed by atoms with van der Waals surface area (Å²) in [6.45, 7) is 7.27. The molecule has 122 valence electrons. The van der Waals surface area contributed by atoms with Gasteiger partial charge in [0.05, 0.1) is 11.9 Å². The van der Waals surface area contributed by atoms with Crippen molar-refractivity contribution in [1.29, 1.82) is 0 Å². The summed E-state index contributed by atoms with van der Waals surface area (Å²) in [7, 11) is 2.23. The molecule has 3 rings (SSSR count). The van der Waals surface area contributed by atoms with E-state index < -0.39 is 0 Å². The maximum absolute atomic E-state index is 4.44. The molecule has 4 heteroatoms. The Morgan fingerprint density at radius 1 is 1.17 bits per heavy atom. The van der Waals surface area contributed by atoms with Crippen LogP contribution in [0.3, 0.4) is 0 Å². The molecule has 0 aromatic carbocycles. The largest absolute Gasteiger partial charge is 0.369 e. The van der Waals surface area contributed by atoms with E-state index in [0.717, 1.165) is 31.0 Å². The Morgan fingerprint density at radius 2 is 2.04 bits per heavy atom. The molecular formula is C19H26N4. The topological polar surface area (TPSA) is 32.3 Å². The first-order chi connectivity index (χ1) is 11.1. The predicted octanol–water partition coefficient (Wildman–Crippen LogP) is 3.19. The number of nitrogens with zero attached hydrogens (tertiary/aromatic N) is 4. The third-order valence-electron chi connectivity index (χ3n) is 4.67. The second kappa shape index (κ2) is 7.09. The van der Waals surface area contributed by atoms with Gasteiger partial charge in [0.15, 0.2) is 0 Å². The Balaban J connectivity index is 1.64. The Labute approximate surface area is 139 Å². The average Bonchev–Trinajstić information content (AvgIpc) is 2.56. The van der Waals surface area contributed by atoms with Crippen LogP contribution in [0.15, 0.2) is 36.7 Å². The number of pyridine rings is 2. The molecule has 0 N–H and O–H groups in total. The van der Waals surface area contributed by atoms with Crippen LogP contribution in [-0.2, 0) is 6.54 Å². The lowest BCUT2D eigenvalue weighted by Crippen LogP contribution is -2.46. The van der Waals surface area contributed by atoms with E-state index in [1.165, 1.54) is 24.1 Å². The molecule has 0 spiro atoms. The lowest BCUT2D eigenvalue weighted by molar-refractivity contribution is 0.207. The molecule has 1 atom stereocenters. The van der Waals surface area contributed by atoms with Gasteiger partial charge in [-0.1, -0.05) is 0 Å². The van der Waals surface area contributed by atoms with Gasteiger partial charge in [-0.25, -0.2) is 0 Å². The summed E-state index contributed by atoms with van der Waals surface area (Å²) in [5.74, 6) is 0. The number of hydrogen-bond donors (Lipinski definition) is 0. The monoisotopic (exact) mass is 310 g/mol. The highest BCUT2D eigenvalue weighted by molar-refractivity contribution is 5.45. The van der Waals surface area contributed by atoms with Crippen molar-refractivity contribution in [3.63, 3.8) is 0 Å². The van der Waals surface area contributed by atoms with Crippen LogP contribution in [0.4, 0.5) is 5.69 Å². The second-order valence-corrected chi connectivity index (χ2v) is 6.62. The molecule has 23 heavy (non-hydrogen) atoms. The summed E-state index contributed by atoms with van der Waals surface area (Å²) in [4.78, 5) is 13.7. The van der Waals surface area contributed by atoms with Gasteiger partial charge in [-0.3, -0.25) is 14.9 Å². The van der Waals surface area contributed by atoms with Crippen LogP contribution in [-0.4, -0.2) is 41.0 Å². The number of hydrogen-bond acceptors (Lipinski definition) is 4. The van der Waals surface area contributed by atoms with Crippen molar-refractivity contribution in [2.45, 2.75) is 39.3 Å². The van der Waals surface area contributed by atoms with Gasteiger partial charge in [-0.05, 0) is 63.6 Å². The molecule has 4 nitrogen and oxygen atoms in total. The smallest absolute Gasteiger partial charge is 0.0553 e. The van der Waals surface area contributed by atoms with Crippen LogP contribution >= 0.6 is 0 Å². The molecule has 0 bridgehead atoms. The minimum Gasteiger partial charge on any atom is -0.369 e. The molecule has 1 aliphatic heterocycles. The number of aryl methyl sites for hydroxylation is 2. The zero-order valence-corrected chi connectivity index (χ0v) is 14.4. The maximum Gasteiger partial charge on any atom is 0.0553 e. The van der Waals surface area contributed by atoms with Gasteiger partial charge < -0.3 is 4.90 Å². The summed E-state index contributed by atoms with van der Waals surface area (Å²) in [5.41, 5.74) is 4.75. The molecular weight excluding hydrogens is 284 g/mol. The van der Waals surface area contributed by atoms with E-state index in [0.29, 0.717) is 6.04 Å². The van der Waals surface area contributed by atoms with Crippen molar-refractivity contribution in [3.8, 4) is 0 Å². The first kappa shape index (κ1) is 15.9. The molecule has 0 aliphatic carbocycles. The van der Waals surface area contributed by atoms with Gasteiger partial charge >= 0.3 is 0 Å². The number of anilines is 1. The van der Waals surface area contributed by atoms with Crippen molar-refractivity contribution in [2.24, 2.45) is 0 Å². The van der Waals surface area contributed by atoms with E-state index in [2.05, 4.69) is 58.0 Å². The first-order valence-electron chi connectivity index (χ1n) is 8.41. The molecule has 0 saturated carbocycles. The van der Waals surface area contributed by atoms with Crippen LogP contribution in [0.2, 0.25) is 0 Å². The van der Waals surface area contributed by atoms with Crippen molar-refractivity contribution >= 4 is 5.69 Å². The Bertz CT molecular complexity index is 638. The van der Waals surface area contributed by atoms with Gasteiger partial charge in [0, 0.05) is 43.3 Å². The molecule has 2 aromatic heterocycles. The van der Waals surface area contributed by atoms with E-state index in [1.807, 2.05) is 19.3 Å². The fourth-order valence-corrected chi connectivity index (χ4v) is 3.32. The Kier molecular flexibility index (Phi) is 4.91. The maximum atomic E-state index is 4.44. The minimum absolute atomic E-state index is 0.582. The SMILES string of the molecule is Cc1ccc(N2CCC[C@H](N(C)Cc3ccnc(C)c3)C2)cn1. The summed E-state index contributed by atoms with van der Waals surface area (Å²) in [5, 5.41) is 0. The summed E-state index contributed by atoms with van der Waals surface area (Å²) in [6, 6.07) is 9.17. The van der Waals surface area contributed by atoms with Crippen LogP contribution in [0.1, 0.15) is 29.8 Å². The molecule has 1 aliphatic rings. The number of likely N-dealkylation sites (N-methyl/N-ethyl adjacent to an activating group) is 1. The highest BCUT2D eigenvalue weighted by Crippen LogP contribution is 2.22. The van der Waals surface area contributed by atoms with E-state index >= 15 is 0 Å². The number of piperidine rings is 1. The van der Waals surface area contributed by atoms with Gasteiger partial charge in [-0.15, -0.1) is 0 Å². The molecule has 0 unspecified atom stereocenters. The van der Waals surface area contributed by atoms with Crippen molar-refractivity contribution in [1.82, 2.24) is 14.9 Å².